The SMILES string of the molecule is O=C(COc1ccc2ccccc2c1)NCC#Cc1ccccc1F. The van der Waals surface area contributed by atoms with Gasteiger partial charge in [-0.05, 0) is 35.0 Å². The number of benzene rings is 3. The number of hydrogen-bond donors (Lipinski definition) is 1. The van der Waals surface area contributed by atoms with Crippen LogP contribution in [0.15, 0.2) is 66.7 Å². The molecule has 0 aliphatic carbocycles. The van der Waals surface area contributed by atoms with Gasteiger partial charge in [0.1, 0.15) is 11.6 Å². The Morgan fingerprint density at radius 3 is 2.60 bits per heavy atom. The summed E-state index contributed by atoms with van der Waals surface area (Å²) in [6.45, 7) is 0.0357. The van der Waals surface area contributed by atoms with Crippen molar-refractivity contribution in [3.8, 4) is 17.6 Å². The summed E-state index contributed by atoms with van der Waals surface area (Å²) < 4.78 is 18.9. The largest absolute Gasteiger partial charge is 0.484 e. The Bertz CT molecular complexity index is 957. The van der Waals surface area contributed by atoms with Crippen LogP contribution in [0.5, 0.6) is 5.75 Å². The first-order chi connectivity index (χ1) is 12.2. The molecule has 0 unspecified atom stereocenters. The summed E-state index contributed by atoms with van der Waals surface area (Å²) in [5, 5.41) is 4.79. The Morgan fingerprint density at radius 2 is 1.76 bits per heavy atom. The molecule has 0 aliphatic heterocycles. The Kier molecular flexibility index (Phi) is 5.28. The van der Waals surface area contributed by atoms with Gasteiger partial charge in [-0.3, -0.25) is 4.79 Å². The van der Waals surface area contributed by atoms with E-state index in [1.165, 1.54) is 6.07 Å². The van der Waals surface area contributed by atoms with Crippen LogP contribution in [0, 0.1) is 17.7 Å². The highest BCUT2D eigenvalue weighted by atomic mass is 19.1. The minimum atomic E-state index is -0.374. The van der Waals surface area contributed by atoms with Gasteiger partial charge in [-0.25, -0.2) is 4.39 Å². The molecule has 0 bridgehead atoms. The first kappa shape index (κ1) is 16.5. The fraction of sp³-hybridized carbons (Fsp3) is 0.0952. The minimum Gasteiger partial charge on any atom is -0.484 e. The molecule has 3 aromatic carbocycles. The smallest absolute Gasteiger partial charge is 0.258 e. The van der Waals surface area contributed by atoms with Crippen LogP contribution in [0.2, 0.25) is 0 Å². The summed E-state index contributed by atoms with van der Waals surface area (Å²) in [5.41, 5.74) is 0.309. The molecule has 0 fully saturated rings. The number of amides is 1. The minimum absolute atomic E-state index is 0.0975. The van der Waals surface area contributed by atoms with E-state index < -0.39 is 0 Å². The van der Waals surface area contributed by atoms with Crippen molar-refractivity contribution < 1.29 is 13.9 Å². The lowest BCUT2D eigenvalue weighted by Gasteiger charge is -2.07. The van der Waals surface area contributed by atoms with Crippen LogP contribution in [0.1, 0.15) is 5.56 Å². The molecular weight excluding hydrogens is 317 g/mol. The second-order valence-corrected chi connectivity index (χ2v) is 5.36. The Balaban J connectivity index is 1.49. The molecule has 0 radical (unpaired) electrons. The molecule has 1 amide bonds. The zero-order chi connectivity index (χ0) is 17.5. The van der Waals surface area contributed by atoms with E-state index in [1.807, 2.05) is 42.5 Å². The molecule has 0 saturated carbocycles. The molecule has 124 valence electrons. The summed E-state index contributed by atoms with van der Waals surface area (Å²) in [4.78, 5) is 11.8. The normalized spacial score (nSPS) is 9.96. The highest BCUT2D eigenvalue weighted by Gasteiger charge is 2.02. The summed E-state index contributed by atoms with van der Waals surface area (Å²) in [5.74, 6) is 5.38. The van der Waals surface area contributed by atoms with Crippen molar-refractivity contribution in [3.05, 3.63) is 78.1 Å². The monoisotopic (exact) mass is 333 g/mol. The van der Waals surface area contributed by atoms with E-state index in [0.717, 1.165) is 10.8 Å². The van der Waals surface area contributed by atoms with Crippen molar-refractivity contribution in [2.75, 3.05) is 13.2 Å². The summed E-state index contributed by atoms with van der Waals surface area (Å²) in [7, 11) is 0. The van der Waals surface area contributed by atoms with Gasteiger partial charge in [-0.1, -0.05) is 54.3 Å². The third kappa shape index (κ3) is 4.58. The molecule has 1 N–H and O–H groups in total. The number of carbonyl (C=O) groups is 1. The first-order valence-corrected chi connectivity index (χ1v) is 7.84. The van der Waals surface area contributed by atoms with E-state index in [0.29, 0.717) is 11.3 Å². The van der Waals surface area contributed by atoms with Gasteiger partial charge in [0.25, 0.3) is 5.91 Å². The van der Waals surface area contributed by atoms with Crippen molar-refractivity contribution in [2.24, 2.45) is 0 Å². The van der Waals surface area contributed by atoms with E-state index >= 15 is 0 Å². The van der Waals surface area contributed by atoms with Gasteiger partial charge in [0.05, 0.1) is 12.1 Å². The van der Waals surface area contributed by atoms with E-state index in [-0.39, 0.29) is 24.9 Å². The van der Waals surface area contributed by atoms with E-state index in [9.17, 15) is 9.18 Å². The molecule has 3 rings (SSSR count). The highest BCUT2D eigenvalue weighted by Crippen LogP contribution is 2.20. The maximum absolute atomic E-state index is 13.4. The van der Waals surface area contributed by atoms with Crippen LogP contribution >= 0.6 is 0 Å². The van der Waals surface area contributed by atoms with Gasteiger partial charge >= 0.3 is 0 Å². The van der Waals surface area contributed by atoms with Gasteiger partial charge in [-0.15, -0.1) is 0 Å². The number of ether oxygens (including phenoxy) is 1. The molecule has 3 nitrogen and oxygen atoms in total. The number of rotatable bonds is 4. The average molecular weight is 333 g/mol. The topological polar surface area (TPSA) is 38.3 Å². The number of nitrogens with one attached hydrogen (secondary N) is 1. The van der Waals surface area contributed by atoms with Gasteiger partial charge in [0, 0.05) is 0 Å². The fourth-order valence-electron chi connectivity index (χ4n) is 2.30. The quantitative estimate of drug-likeness (QED) is 0.742. The average Bonchev–Trinajstić information content (AvgIpc) is 2.64. The van der Waals surface area contributed by atoms with Crippen LogP contribution in [0.25, 0.3) is 10.8 Å². The predicted octanol–water partition coefficient (Wildman–Crippen LogP) is 3.53. The molecular formula is C21H16FNO2. The lowest BCUT2D eigenvalue weighted by molar-refractivity contribution is -0.122. The lowest BCUT2D eigenvalue weighted by Crippen LogP contribution is -2.29. The zero-order valence-electron chi connectivity index (χ0n) is 13.5. The lowest BCUT2D eigenvalue weighted by atomic mass is 10.1. The highest BCUT2D eigenvalue weighted by molar-refractivity contribution is 5.84. The third-order valence-electron chi connectivity index (χ3n) is 3.56. The van der Waals surface area contributed by atoms with E-state index in [1.54, 1.807) is 18.2 Å². The molecule has 0 spiro atoms. The van der Waals surface area contributed by atoms with Crippen molar-refractivity contribution in [2.45, 2.75) is 0 Å². The molecule has 3 aromatic rings. The Hall–Kier alpha value is -3.32. The van der Waals surface area contributed by atoms with Crippen molar-refractivity contribution >= 4 is 16.7 Å². The molecule has 0 aromatic heterocycles. The van der Waals surface area contributed by atoms with Crippen LogP contribution in [-0.4, -0.2) is 19.1 Å². The van der Waals surface area contributed by atoms with Crippen molar-refractivity contribution in [1.29, 1.82) is 0 Å². The number of carbonyl (C=O) groups excluding carboxylic acids is 1. The first-order valence-electron chi connectivity index (χ1n) is 7.84. The maximum Gasteiger partial charge on any atom is 0.258 e. The molecule has 0 atom stereocenters. The zero-order valence-corrected chi connectivity index (χ0v) is 13.5. The van der Waals surface area contributed by atoms with Gasteiger partial charge in [0.15, 0.2) is 6.61 Å². The second kappa shape index (κ2) is 7.98. The van der Waals surface area contributed by atoms with Crippen LogP contribution < -0.4 is 10.1 Å². The van der Waals surface area contributed by atoms with Crippen LogP contribution in [0.3, 0.4) is 0 Å². The number of hydrogen-bond acceptors (Lipinski definition) is 2. The molecule has 0 aliphatic rings. The van der Waals surface area contributed by atoms with Crippen molar-refractivity contribution in [3.63, 3.8) is 0 Å². The third-order valence-corrected chi connectivity index (χ3v) is 3.56. The Labute approximate surface area is 145 Å². The number of halogens is 1. The standard InChI is InChI=1S/C21H16FNO2/c22-20-10-4-3-7-17(20)9-5-13-23-21(24)15-25-19-12-11-16-6-1-2-8-18(16)14-19/h1-4,6-8,10-12,14H,13,15H2,(H,23,24). The number of fused-ring (bicyclic) bond motifs is 1. The van der Waals surface area contributed by atoms with Crippen molar-refractivity contribution in [1.82, 2.24) is 5.32 Å². The summed E-state index contributed by atoms with van der Waals surface area (Å²) in [6, 6.07) is 19.8. The molecule has 25 heavy (non-hydrogen) atoms. The predicted molar refractivity (Wildman–Crippen MR) is 95.7 cm³/mol. The Morgan fingerprint density at radius 1 is 1.00 bits per heavy atom. The van der Waals surface area contributed by atoms with Crippen LogP contribution in [-0.2, 0) is 4.79 Å². The van der Waals surface area contributed by atoms with Crippen LogP contribution in [0.4, 0.5) is 4.39 Å². The van der Waals surface area contributed by atoms with Gasteiger partial charge in [-0.2, -0.15) is 0 Å². The summed E-state index contributed by atoms with van der Waals surface area (Å²) in [6.07, 6.45) is 0. The molecule has 0 saturated heterocycles. The van der Waals surface area contributed by atoms with Gasteiger partial charge in [0.2, 0.25) is 0 Å². The fourth-order valence-corrected chi connectivity index (χ4v) is 2.30. The molecule has 4 heteroatoms. The van der Waals surface area contributed by atoms with E-state index in [4.69, 9.17) is 4.74 Å². The van der Waals surface area contributed by atoms with Gasteiger partial charge < -0.3 is 10.1 Å². The molecule has 0 heterocycles. The summed E-state index contributed by atoms with van der Waals surface area (Å²) >= 11 is 0. The second-order valence-electron chi connectivity index (χ2n) is 5.36. The van der Waals surface area contributed by atoms with E-state index in [2.05, 4.69) is 17.2 Å². The maximum atomic E-state index is 13.4.